The topological polar surface area (TPSA) is 70.7 Å². The Bertz CT molecular complexity index is 1030. The van der Waals surface area contributed by atoms with E-state index in [1.165, 1.54) is 7.11 Å². The number of rotatable bonds is 5. The number of likely N-dealkylation sites (tertiary alicyclic amines) is 1. The van der Waals surface area contributed by atoms with Crippen molar-refractivity contribution in [3.8, 4) is 5.75 Å². The summed E-state index contributed by atoms with van der Waals surface area (Å²) in [6.45, 7) is 0.783. The van der Waals surface area contributed by atoms with Gasteiger partial charge in [-0.2, -0.15) is 26.3 Å². The summed E-state index contributed by atoms with van der Waals surface area (Å²) in [7, 11) is 1.48. The predicted molar refractivity (Wildman–Crippen MR) is 115 cm³/mol. The maximum Gasteiger partial charge on any atom is 0.416 e. The highest BCUT2D eigenvalue weighted by Crippen LogP contribution is 2.36. The van der Waals surface area contributed by atoms with E-state index in [4.69, 9.17) is 4.74 Å². The summed E-state index contributed by atoms with van der Waals surface area (Å²) >= 11 is 0. The molecule has 0 aromatic heterocycles. The zero-order valence-electron chi connectivity index (χ0n) is 18.6. The number of urea groups is 1. The van der Waals surface area contributed by atoms with Gasteiger partial charge in [-0.3, -0.25) is 4.79 Å². The lowest BCUT2D eigenvalue weighted by Gasteiger charge is -2.32. The van der Waals surface area contributed by atoms with E-state index in [0.29, 0.717) is 49.5 Å². The molecule has 0 radical (unpaired) electrons. The van der Waals surface area contributed by atoms with E-state index >= 15 is 0 Å². The van der Waals surface area contributed by atoms with Gasteiger partial charge in [0, 0.05) is 25.2 Å². The second-order valence-corrected chi connectivity index (χ2v) is 8.07. The van der Waals surface area contributed by atoms with E-state index in [1.807, 2.05) is 0 Å². The minimum atomic E-state index is -5.03. The highest BCUT2D eigenvalue weighted by molar-refractivity contribution is 5.94. The Hall–Kier alpha value is -3.44. The molecule has 0 spiro atoms. The van der Waals surface area contributed by atoms with Crippen LogP contribution in [0.4, 0.5) is 36.8 Å². The van der Waals surface area contributed by atoms with E-state index in [2.05, 4.69) is 10.6 Å². The fourth-order valence-corrected chi connectivity index (χ4v) is 3.71. The number of alkyl halides is 6. The molecule has 3 amide bonds. The normalized spacial score (nSPS) is 15.0. The molecule has 0 unspecified atom stereocenters. The van der Waals surface area contributed by atoms with E-state index in [9.17, 15) is 35.9 Å². The molecule has 2 aromatic rings. The van der Waals surface area contributed by atoms with Gasteiger partial charge in [0.2, 0.25) is 0 Å². The van der Waals surface area contributed by atoms with E-state index in [-0.39, 0.29) is 24.6 Å². The number of carbonyl (C=O) groups excluding carboxylic acids is 2. The van der Waals surface area contributed by atoms with Crippen LogP contribution in [-0.2, 0) is 12.4 Å². The van der Waals surface area contributed by atoms with Crippen molar-refractivity contribution >= 4 is 17.6 Å². The maximum atomic E-state index is 13.0. The average Bonchev–Trinajstić information content (AvgIpc) is 2.81. The first-order valence-corrected chi connectivity index (χ1v) is 10.6. The summed E-state index contributed by atoms with van der Waals surface area (Å²) in [4.78, 5) is 26.5. The molecule has 0 saturated carbocycles. The number of halogens is 6. The molecule has 35 heavy (non-hydrogen) atoms. The largest absolute Gasteiger partial charge is 0.495 e. The van der Waals surface area contributed by atoms with Gasteiger partial charge in [-0.1, -0.05) is 12.1 Å². The molecule has 0 atom stereocenters. The first-order valence-electron chi connectivity index (χ1n) is 10.6. The third-order valence-corrected chi connectivity index (χ3v) is 5.65. The van der Waals surface area contributed by atoms with Crippen LogP contribution >= 0.6 is 0 Å². The molecule has 3 rings (SSSR count). The number of benzene rings is 2. The highest BCUT2D eigenvalue weighted by atomic mass is 19.4. The van der Waals surface area contributed by atoms with Crippen LogP contribution in [0, 0.1) is 5.92 Å². The molecule has 190 valence electrons. The van der Waals surface area contributed by atoms with Crippen LogP contribution in [0.1, 0.15) is 34.3 Å². The number of methoxy groups -OCH3 is 1. The molecule has 1 heterocycles. The second kappa shape index (κ2) is 10.4. The van der Waals surface area contributed by atoms with Crippen molar-refractivity contribution in [3.05, 3.63) is 59.2 Å². The lowest BCUT2D eigenvalue weighted by atomic mass is 9.96. The molecule has 2 N–H and O–H groups in total. The van der Waals surface area contributed by atoms with Crippen molar-refractivity contribution in [1.29, 1.82) is 0 Å². The Morgan fingerprint density at radius 3 is 2.09 bits per heavy atom. The number of hydrogen-bond donors (Lipinski definition) is 2. The number of nitrogens with one attached hydrogen (secondary N) is 2. The maximum absolute atomic E-state index is 13.0. The van der Waals surface area contributed by atoms with Crippen molar-refractivity contribution in [2.75, 3.05) is 32.1 Å². The number of piperidine rings is 1. The molecule has 2 aromatic carbocycles. The van der Waals surface area contributed by atoms with Gasteiger partial charge in [-0.15, -0.1) is 0 Å². The van der Waals surface area contributed by atoms with Gasteiger partial charge in [-0.25, -0.2) is 4.79 Å². The Labute approximate surface area is 197 Å². The quantitative estimate of drug-likeness (QED) is 0.537. The lowest BCUT2D eigenvalue weighted by molar-refractivity contribution is -0.143. The van der Waals surface area contributed by atoms with Crippen LogP contribution in [-0.4, -0.2) is 43.6 Å². The molecule has 12 heteroatoms. The third-order valence-electron chi connectivity index (χ3n) is 5.65. The number of nitrogens with zero attached hydrogens (tertiary/aromatic N) is 1. The van der Waals surface area contributed by atoms with Crippen LogP contribution in [0.2, 0.25) is 0 Å². The minimum Gasteiger partial charge on any atom is -0.495 e. The summed E-state index contributed by atoms with van der Waals surface area (Å²) in [6.07, 6.45) is -9.08. The van der Waals surface area contributed by atoms with Crippen LogP contribution in [0.3, 0.4) is 0 Å². The Morgan fingerprint density at radius 1 is 0.971 bits per heavy atom. The monoisotopic (exact) mass is 503 g/mol. The van der Waals surface area contributed by atoms with Gasteiger partial charge in [0.05, 0.1) is 23.9 Å². The average molecular weight is 503 g/mol. The van der Waals surface area contributed by atoms with E-state index < -0.39 is 35.0 Å². The van der Waals surface area contributed by atoms with Gasteiger partial charge < -0.3 is 20.3 Å². The summed E-state index contributed by atoms with van der Waals surface area (Å²) in [6, 6.07) is 7.34. The van der Waals surface area contributed by atoms with Gasteiger partial charge in [0.25, 0.3) is 5.91 Å². The van der Waals surface area contributed by atoms with Crippen molar-refractivity contribution < 1.29 is 40.7 Å². The van der Waals surface area contributed by atoms with Crippen molar-refractivity contribution in [3.63, 3.8) is 0 Å². The molecule has 1 fully saturated rings. The second-order valence-electron chi connectivity index (χ2n) is 8.07. The Balaban J connectivity index is 1.56. The number of hydrogen-bond acceptors (Lipinski definition) is 3. The van der Waals surface area contributed by atoms with Crippen LogP contribution in [0.5, 0.6) is 5.75 Å². The summed E-state index contributed by atoms with van der Waals surface area (Å²) in [5, 5.41) is 5.18. The standard InChI is InChI=1S/C23H23F6N3O3/c1-35-19-5-3-2-4-18(19)31-21(34)32-8-6-14(7-9-32)13-30-20(33)15-10-16(22(24,25)26)12-17(11-15)23(27,28)29/h2-5,10-12,14H,6-9,13H2,1H3,(H,30,33)(H,31,34). The van der Waals surface area contributed by atoms with E-state index in [1.54, 1.807) is 29.2 Å². The zero-order valence-corrected chi connectivity index (χ0v) is 18.6. The fraction of sp³-hybridized carbons (Fsp3) is 0.391. The molecular weight excluding hydrogens is 480 g/mol. The number of anilines is 1. The van der Waals surface area contributed by atoms with Gasteiger partial charge in [0.15, 0.2) is 0 Å². The first kappa shape index (κ1) is 26.2. The van der Waals surface area contributed by atoms with Gasteiger partial charge in [-0.05, 0) is 49.1 Å². The lowest BCUT2D eigenvalue weighted by Crippen LogP contribution is -2.43. The smallest absolute Gasteiger partial charge is 0.416 e. The molecular formula is C23H23F6N3O3. The van der Waals surface area contributed by atoms with E-state index in [0.717, 1.165) is 0 Å². The van der Waals surface area contributed by atoms with Crippen LogP contribution < -0.4 is 15.4 Å². The number of carbonyl (C=O) groups is 2. The van der Waals surface area contributed by atoms with Gasteiger partial charge in [0.1, 0.15) is 5.75 Å². The fourth-order valence-electron chi connectivity index (χ4n) is 3.71. The summed E-state index contributed by atoms with van der Waals surface area (Å²) < 4.78 is 83.3. The summed E-state index contributed by atoms with van der Waals surface area (Å²) in [5.41, 5.74) is -3.31. The molecule has 1 aliphatic rings. The summed E-state index contributed by atoms with van der Waals surface area (Å²) in [5.74, 6) is -0.623. The predicted octanol–water partition coefficient (Wildman–Crippen LogP) is 5.41. The van der Waals surface area contributed by atoms with Crippen LogP contribution in [0.25, 0.3) is 0 Å². The number of amides is 3. The van der Waals surface area contributed by atoms with Crippen LogP contribution in [0.15, 0.2) is 42.5 Å². The van der Waals surface area contributed by atoms with Crippen molar-refractivity contribution in [2.45, 2.75) is 25.2 Å². The number of para-hydroxylation sites is 2. The Kier molecular flexibility index (Phi) is 7.81. The Morgan fingerprint density at radius 2 is 1.54 bits per heavy atom. The van der Waals surface area contributed by atoms with Crippen molar-refractivity contribution in [1.82, 2.24) is 10.2 Å². The SMILES string of the molecule is COc1ccccc1NC(=O)N1CCC(CNC(=O)c2cc(C(F)(F)F)cc(C(F)(F)F)c2)CC1. The number of ether oxygens (including phenoxy) is 1. The first-order chi connectivity index (χ1) is 16.4. The molecule has 0 bridgehead atoms. The molecule has 6 nitrogen and oxygen atoms in total. The third kappa shape index (κ3) is 6.80. The molecule has 1 saturated heterocycles. The molecule has 1 aliphatic heterocycles. The van der Waals surface area contributed by atoms with Gasteiger partial charge >= 0.3 is 18.4 Å². The molecule has 0 aliphatic carbocycles. The van der Waals surface area contributed by atoms with Crippen molar-refractivity contribution in [2.24, 2.45) is 5.92 Å². The minimum absolute atomic E-state index is 0.0252. The highest BCUT2D eigenvalue weighted by Gasteiger charge is 2.37. The zero-order chi connectivity index (χ0) is 25.8.